The third-order valence-electron chi connectivity index (χ3n) is 3.73. The molecule has 1 heterocycles. The van der Waals surface area contributed by atoms with Gasteiger partial charge in [-0.05, 0) is 25.1 Å². The number of aromatic nitrogens is 3. The zero-order valence-electron chi connectivity index (χ0n) is 14.3. The summed E-state index contributed by atoms with van der Waals surface area (Å²) >= 11 is 1.56. The molecule has 0 aliphatic rings. The van der Waals surface area contributed by atoms with Gasteiger partial charge in [0.25, 0.3) is 0 Å². The van der Waals surface area contributed by atoms with Gasteiger partial charge in [-0.1, -0.05) is 48.2 Å². The van der Waals surface area contributed by atoms with Crippen molar-refractivity contribution in [3.8, 4) is 17.1 Å². The summed E-state index contributed by atoms with van der Waals surface area (Å²) in [6, 6.07) is 16.5. The highest BCUT2D eigenvalue weighted by atomic mass is 32.2. The first-order chi connectivity index (χ1) is 12.7. The number of carbonyl (C=O) groups is 1. The van der Waals surface area contributed by atoms with Crippen molar-refractivity contribution in [3.05, 3.63) is 60.2 Å². The van der Waals surface area contributed by atoms with Crippen LogP contribution in [0, 0.1) is 0 Å². The zero-order valence-corrected chi connectivity index (χ0v) is 15.1. The summed E-state index contributed by atoms with van der Waals surface area (Å²) in [7, 11) is 0. The second-order valence-electron chi connectivity index (χ2n) is 5.45. The fourth-order valence-corrected chi connectivity index (χ4v) is 3.31. The molecule has 3 aromatic rings. The van der Waals surface area contributed by atoms with Crippen molar-refractivity contribution in [2.45, 2.75) is 18.6 Å². The van der Waals surface area contributed by atoms with Gasteiger partial charge in [-0.2, -0.15) is 0 Å². The van der Waals surface area contributed by atoms with Gasteiger partial charge < -0.3 is 14.4 Å². The van der Waals surface area contributed by atoms with E-state index in [4.69, 9.17) is 9.84 Å². The van der Waals surface area contributed by atoms with Crippen LogP contribution in [0.4, 0.5) is 0 Å². The number of hydrogen-bond acceptors (Lipinski definition) is 5. The molecule has 0 aliphatic carbocycles. The highest BCUT2D eigenvalue weighted by Gasteiger charge is 2.12. The lowest BCUT2D eigenvalue weighted by atomic mass is 10.2. The summed E-state index contributed by atoms with van der Waals surface area (Å²) in [4.78, 5) is 11.0. The maximum Gasteiger partial charge on any atom is 0.335 e. The molecule has 1 N–H and O–H groups in total. The van der Waals surface area contributed by atoms with E-state index >= 15 is 0 Å². The normalized spacial score (nSPS) is 10.7. The molecule has 0 radical (unpaired) electrons. The maximum atomic E-state index is 11.0. The van der Waals surface area contributed by atoms with E-state index in [1.165, 1.54) is 6.07 Å². The highest BCUT2D eigenvalue weighted by molar-refractivity contribution is 7.99. The molecule has 26 heavy (non-hydrogen) atoms. The number of rotatable bonds is 8. The molecule has 7 heteroatoms. The first-order valence-corrected chi connectivity index (χ1v) is 9.25. The monoisotopic (exact) mass is 369 g/mol. The van der Waals surface area contributed by atoms with Crippen molar-refractivity contribution < 1.29 is 14.6 Å². The minimum absolute atomic E-state index is 0.216. The number of benzene rings is 2. The van der Waals surface area contributed by atoms with E-state index in [2.05, 4.69) is 21.7 Å². The van der Waals surface area contributed by atoms with E-state index in [-0.39, 0.29) is 5.56 Å². The van der Waals surface area contributed by atoms with Gasteiger partial charge in [0.15, 0.2) is 11.0 Å². The molecule has 0 saturated heterocycles. The molecule has 3 rings (SSSR count). The summed E-state index contributed by atoms with van der Waals surface area (Å²) in [5.41, 5.74) is 1.25. The predicted molar refractivity (Wildman–Crippen MR) is 101 cm³/mol. The van der Waals surface area contributed by atoms with Crippen LogP contribution in [0.2, 0.25) is 0 Å². The van der Waals surface area contributed by atoms with Crippen molar-refractivity contribution in [2.75, 3.05) is 12.4 Å². The lowest BCUT2D eigenvalue weighted by Gasteiger charge is -2.08. The van der Waals surface area contributed by atoms with Crippen molar-refractivity contribution in [3.63, 3.8) is 0 Å². The van der Waals surface area contributed by atoms with Crippen molar-refractivity contribution in [2.24, 2.45) is 0 Å². The molecule has 0 atom stereocenters. The summed E-state index contributed by atoms with van der Waals surface area (Å²) < 4.78 is 7.72. The molecule has 0 amide bonds. The molecule has 2 aromatic carbocycles. The number of carboxylic acids is 1. The van der Waals surface area contributed by atoms with E-state index in [1.54, 1.807) is 30.0 Å². The molecule has 134 valence electrons. The zero-order chi connectivity index (χ0) is 18.4. The minimum atomic E-state index is -0.964. The molecule has 1 aromatic heterocycles. The number of aromatic carboxylic acids is 1. The van der Waals surface area contributed by atoms with E-state index in [9.17, 15) is 4.79 Å². The molecule has 0 bridgehead atoms. The second kappa shape index (κ2) is 8.53. The molecule has 0 fully saturated rings. The third-order valence-corrected chi connectivity index (χ3v) is 4.66. The first-order valence-electron chi connectivity index (χ1n) is 8.26. The Morgan fingerprint density at radius 1 is 1.15 bits per heavy atom. The van der Waals surface area contributed by atoms with E-state index in [0.717, 1.165) is 23.1 Å². The summed E-state index contributed by atoms with van der Waals surface area (Å²) in [5, 5.41) is 18.4. The molecule has 0 aliphatic heterocycles. The SMILES string of the molecule is CCn1c(SCCOc2cccc(C(=O)O)c2)nnc1-c1ccccc1. The Morgan fingerprint density at radius 2 is 1.96 bits per heavy atom. The number of ether oxygens (including phenoxy) is 1. The summed E-state index contributed by atoms with van der Waals surface area (Å²) in [5.74, 6) is 1.12. The topological polar surface area (TPSA) is 77.2 Å². The van der Waals surface area contributed by atoms with Crippen LogP contribution >= 0.6 is 11.8 Å². The van der Waals surface area contributed by atoms with Gasteiger partial charge in [0, 0.05) is 17.9 Å². The van der Waals surface area contributed by atoms with Crippen molar-refractivity contribution in [1.29, 1.82) is 0 Å². The van der Waals surface area contributed by atoms with Gasteiger partial charge in [-0.15, -0.1) is 10.2 Å². The van der Waals surface area contributed by atoms with Gasteiger partial charge in [-0.25, -0.2) is 4.79 Å². The van der Waals surface area contributed by atoms with E-state index in [1.807, 2.05) is 30.3 Å². The van der Waals surface area contributed by atoms with Crippen LogP contribution in [0.5, 0.6) is 5.75 Å². The summed E-state index contributed by atoms with van der Waals surface area (Å²) in [6.45, 7) is 3.29. The van der Waals surface area contributed by atoms with Crippen LogP contribution in [0.25, 0.3) is 11.4 Å². The number of nitrogens with zero attached hydrogens (tertiary/aromatic N) is 3. The second-order valence-corrected chi connectivity index (χ2v) is 6.51. The lowest BCUT2D eigenvalue weighted by molar-refractivity contribution is 0.0696. The van der Waals surface area contributed by atoms with Crippen molar-refractivity contribution >= 4 is 17.7 Å². The van der Waals surface area contributed by atoms with Gasteiger partial charge in [-0.3, -0.25) is 0 Å². The van der Waals surface area contributed by atoms with Crippen LogP contribution in [0.3, 0.4) is 0 Å². The predicted octanol–water partition coefficient (Wildman–Crippen LogP) is 3.83. The number of carboxylic acid groups (broad SMARTS) is 1. The van der Waals surface area contributed by atoms with Gasteiger partial charge in [0.05, 0.1) is 12.2 Å². The Kier molecular flexibility index (Phi) is 5.91. The Balaban J connectivity index is 1.60. The molecular weight excluding hydrogens is 350 g/mol. The Hall–Kier alpha value is -2.80. The van der Waals surface area contributed by atoms with Crippen LogP contribution in [0.1, 0.15) is 17.3 Å². The third kappa shape index (κ3) is 4.23. The minimum Gasteiger partial charge on any atom is -0.493 e. The van der Waals surface area contributed by atoms with Crippen LogP contribution in [0.15, 0.2) is 59.8 Å². The van der Waals surface area contributed by atoms with Gasteiger partial charge in [0.2, 0.25) is 0 Å². The maximum absolute atomic E-state index is 11.0. The smallest absolute Gasteiger partial charge is 0.335 e. The molecule has 6 nitrogen and oxygen atoms in total. The highest BCUT2D eigenvalue weighted by Crippen LogP contribution is 2.24. The lowest BCUT2D eigenvalue weighted by Crippen LogP contribution is -2.04. The summed E-state index contributed by atoms with van der Waals surface area (Å²) in [6.07, 6.45) is 0. The first kappa shape index (κ1) is 18.0. The van der Waals surface area contributed by atoms with Crippen LogP contribution in [-0.4, -0.2) is 38.2 Å². The van der Waals surface area contributed by atoms with E-state index in [0.29, 0.717) is 18.1 Å². The Labute approximate surface area is 155 Å². The van der Waals surface area contributed by atoms with Crippen LogP contribution in [-0.2, 0) is 6.54 Å². The molecule has 0 unspecified atom stereocenters. The average Bonchev–Trinajstić information content (AvgIpc) is 3.09. The van der Waals surface area contributed by atoms with Gasteiger partial charge >= 0.3 is 5.97 Å². The quantitative estimate of drug-likeness (QED) is 0.480. The average molecular weight is 369 g/mol. The number of thioether (sulfide) groups is 1. The largest absolute Gasteiger partial charge is 0.493 e. The van der Waals surface area contributed by atoms with Gasteiger partial charge in [0.1, 0.15) is 5.75 Å². The van der Waals surface area contributed by atoms with Crippen LogP contribution < -0.4 is 4.74 Å². The standard InChI is InChI=1S/C19H19N3O3S/c1-2-22-17(14-7-4-3-5-8-14)20-21-19(22)26-12-11-25-16-10-6-9-15(13-16)18(23)24/h3-10,13H,2,11-12H2,1H3,(H,23,24). The number of hydrogen-bond donors (Lipinski definition) is 1. The fraction of sp³-hybridized carbons (Fsp3) is 0.211. The van der Waals surface area contributed by atoms with Crippen molar-refractivity contribution in [1.82, 2.24) is 14.8 Å². The molecule has 0 spiro atoms. The molecular formula is C19H19N3O3S. The Morgan fingerprint density at radius 3 is 2.69 bits per heavy atom. The Bertz CT molecular complexity index is 881. The molecule has 0 saturated carbocycles. The fourth-order valence-electron chi connectivity index (χ4n) is 2.49. The van der Waals surface area contributed by atoms with E-state index < -0.39 is 5.97 Å².